The number of nitro benzene ring substituents is 1. The van der Waals surface area contributed by atoms with E-state index in [2.05, 4.69) is 22.1 Å². The van der Waals surface area contributed by atoms with Crippen LogP contribution < -0.4 is 5.32 Å². The second-order valence-corrected chi connectivity index (χ2v) is 9.38. The van der Waals surface area contributed by atoms with Crippen molar-refractivity contribution in [2.75, 3.05) is 25.0 Å². The average molecular weight is 518 g/mol. The molecule has 1 aliphatic heterocycles. The van der Waals surface area contributed by atoms with Crippen molar-refractivity contribution >= 4 is 44.9 Å². The van der Waals surface area contributed by atoms with E-state index in [1.807, 2.05) is 24.3 Å². The molecule has 0 spiro atoms. The molecule has 0 fully saturated rings. The summed E-state index contributed by atoms with van der Waals surface area (Å²) in [6, 6.07) is 13.5. The molecule has 0 saturated carbocycles. The van der Waals surface area contributed by atoms with Crippen molar-refractivity contribution in [2.24, 2.45) is 0 Å². The minimum absolute atomic E-state index is 0.0455. The Labute approximate surface area is 216 Å². The van der Waals surface area contributed by atoms with E-state index in [4.69, 9.17) is 9.72 Å². The van der Waals surface area contributed by atoms with Crippen LogP contribution in [0.5, 0.6) is 0 Å². The maximum absolute atomic E-state index is 13.2. The minimum atomic E-state index is -0.570. The summed E-state index contributed by atoms with van der Waals surface area (Å²) in [5, 5.41) is 16.3. The van der Waals surface area contributed by atoms with Crippen LogP contribution >= 0.6 is 11.3 Å². The van der Waals surface area contributed by atoms with Gasteiger partial charge in [0, 0.05) is 59.2 Å². The van der Waals surface area contributed by atoms with Crippen LogP contribution in [-0.4, -0.2) is 51.4 Å². The summed E-state index contributed by atoms with van der Waals surface area (Å²) < 4.78 is 5.44. The number of carbonyl (C=O) groups is 2. The van der Waals surface area contributed by atoms with Gasteiger partial charge in [0.1, 0.15) is 0 Å². The zero-order valence-electron chi connectivity index (χ0n) is 20.0. The molecule has 0 radical (unpaired) electrons. The van der Waals surface area contributed by atoms with Crippen molar-refractivity contribution < 1.29 is 19.2 Å². The second kappa shape index (κ2) is 10.4. The number of hydrogen-bond acceptors (Lipinski definition) is 9. The van der Waals surface area contributed by atoms with Gasteiger partial charge in [0.05, 0.1) is 21.7 Å². The molecule has 0 atom stereocenters. The number of ether oxygens (including phenoxy) is 1. The van der Waals surface area contributed by atoms with Gasteiger partial charge in [-0.05, 0) is 12.6 Å². The molecule has 37 heavy (non-hydrogen) atoms. The number of anilines is 1. The van der Waals surface area contributed by atoms with E-state index < -0.39 is 23.4 Å². The van der Waals surface area contributed by atoms with Crippen molar-refractivity contribution in [3.05, 3.63) is 80.8 Å². The second-order valence-electron chi connectivity index (χ2n) is 8.52. The molecule has 2 aromatic carbocycles. The van der Waals surface area contributed by atoms with Crippen molar-refractivity contribution in [1.82, 2.24) is 14.9 Å². The van der Waals surface area contributed by atoms with E-state index in [0.717, 1.165) is 36.3 Å². The third-order valence-corrected chi connectivity index (χ3v) is 6.97. The number of non-ortho nitro benzene ring substituents is 1. The number of likely N-dealkylation sites (N-methyl/N-ethyl adjacent to an activating group) is 1. The first kappa shape index (κ1) is 24.5. The highest BCUT2D eigenvalue weighted by atomic mass is 32.1. The van der Waals surface area contributed by atoms with Gasteiger partial charge in [-0.3, -0.25) is 30.1 Å². The lowest BCUT2D eigenvalue weighted by Gasteiger charge is -2.28. The predicted molar refractivity (Wildman–Crippen MR) is 140 cm³/mol. The minimum Gasteiger partial charge on any atom is -0.452 e. The Morgan fingerprint density at radius 1 is 1.19 bits per heavy atom. The highest BCUT2D eigenvalue weighted by molar-refractivity contribution is 7.14. The molecule has 11 heteroatoms. The van der Waals surface area contributed by atoms with E-state index in [9.17, 15) is 19.7 Å². The molecule has 3 heterocycles. The van der Waals surface area contributed by atoms with Crippen LogP contribution in [0.25, 0.3) is 22.2 Å². The Bertz CT molecular complexity index is 1520. The summed E-state index contributed by atoms with van der Waals surface area (Å²) in [5.74, 6) is -1.10. The summed E-state index contributed by atoms with van der Waals surface area (Å²) in [7, 11) is 0. The Morgan fingerprint density at radius 2 is 2.03 bits per heavy atom. The number of para-hydroxylation sites is 1. The molecule has 1 amide bonds. The normalized spacial score (nSPS) is 13.2. The summed E-state index contributed by atoms with van der Waals surface area (Å²) in [5.41, 5.74) is 3.92. The molecule has 0 aliphatic carbocycles. The molecular formula is C26H23N5O5S. The number of amides is 1. The van der Waals surface area contributed by atoms with Crippen molar-refractivity contribution in [1.29, 1.82) is 0 Å². The number of pyridine rings is 1. The van der Waals surface area contributed by atoms with Crippen molar-refractivity contribution in [3.8, 4) is 11.3 Å². The Hall–Kier alpha value is -4.22. The van der Waals surface area contributed by atoms with Gasteiger partial charge < -0.3 is 4.74 Å². The van der Waals surface area contributed by atoms with Crippen LogP contribution in [0.4, 0.5) is 10.8 Å². The number of nitrogens with one attached hydrogen (secondary N) is 1. The molecule has 1 aliphatic rings. The van der Waals surface area contributed by atoms with Gasteiger partial charge in [0.2, 0.25) is 0 Å². The molecular weight excluding hydrogens is 494 g/mol. The third-order valence-electron chi connectivity index (χ3n) is 6.21. The fourth-order valence-electron chi connectivity index (χ4n) is 4.35. The number of benzene rings is 2. The smallest absolute Gasteiger partial charge is 0.339 e. The fraction of sp³-hybridized carbons (Fsp3) is 0.231. The molecule has 2 aromatic heterocycles. The van der Waals surface area contributed by atoms with E-state index in [1.165, 1.54) is 23.5 Å². The number of rotatable bonds is 7. The molecule has 4 aromatic rings. The van der Waals surface area contributed by atoms with Crippen LogP contribution in [0.2, 0.25) is 0 Å². The number of carbonyl (C=O) groups excluding carboxylic acids is 2. The van der Waals surface area contributed by atoms with E-state index >= 15 is 0 Å². The Morgan fingerprint density at radius 3 is 2.84 bits per heavy atom. The van der Waals surface area contributed by atoms with E-state index in [1.54, 1.807) is 17.5 Å². The molecule has 0 unspecified atom stereocenters. The number of esters is 1. The van der Waals surface area contributed by atoms with Crippen LogP contribution in [0, 0.1) is 10.1 Å². The fourth-order valence-corrected chi connectivity index (χ4v) is 5.09. The quantitative estimate of drug-likeness (QED) is 0.217. The maximum Gasteiger partial charge on any atom is 0.339 e. The number of thiazole rings is 1. The highest BCUT2D eigenvalue weighted by Crippen LogP contribution is 2.29. The standard InChI is InChI=1S/C26H23N5O5S/c1-2-30-11-10-21-19(13-30)24(18-8-3-4-9-20(18)27-21)25(33)36-14-23(32)29-26-28-22(15-37-26)16-6-5-7-17(12-16)31(34)35/h3-9,12,15H,2,10-11,13-14H2,1H3,(H,28,29,32). The van der Waals surface area contributed by atoms with Gasteiger partial charge in [0.15, 0.2) is 11.7 Å². The summed E-state index contributed by atoms with van der Waals surface area (Å²) in [6.07, 6.45) is 0.742. The molecule has 0 bridgehead atoms. The van der Waals surface area contributed by atoms with Crippen LogP contribution in [0.15, 0.2) is 53.9 Å². The van der Waals surface area contributed by atoms with Gasteiger partial charge >= 0.3 is 5.97 Å². The number of hydrogen-bond donors (Lipinski definition) is 1. The number of nitrogens with zero attached hydrogens (tertiary/aromatic N) is 4. The number of aromatic nitrogens is 2. The largest absolute Gasteiger partial charge is 0.452 e. The van der Waals surface area contributed by atoms with E-state index in [-0.39, 0.29) is 5.69 Å². The van der Waals surface area contributed by atoms with Crippen LogP contribution in [-0.2, 0) is 22.5 Å². The summed E-state index contributed by atoms with van der Waals surface area (Å²) in [6.45, 7) is 3.92. The maximum atomic E-state index is 13.2. The Kier molecular flexibility index (Phi) is 6.89. The van der Waals surface area contributed by atoms with Gasteiger partial charge in [-0.25, -0.2) is 9.78 Å². The SMILES string of the molecule is CCN1CCc2nc3ccccc3c(C(=O)OCC(=O)Nc3nc(-c4cccc([N+](=O)[O-])c4)cs3)c2C1. The summed E-state index contributed by atoms with van der Waals surface area (Å²) in [4.78, 5) is 47.7. The lowest BCUT2D eigenvalue weighted by atomic mass is 9.96. The molecule has 10 nitrogen and oxygen atoms in total. The molecule has 0 saturated heterocycles. The molecule has 5 rings (SSSR count). The van der Waals surface area contributed by atoms with Gasteiger partial charge in [0.25, 0.3) is 11.6 Å². The zero-order valence-corrected chi connectivity index (χ0v) is 20.8. The first-order chi connectivity index (χ1) is 17.9. The lowest BCUT2D eigenvalue weighted by molar-refractivity contribution is -0.384. The van der Waals surface area contributed by atoms with Gasteiger partial charge in [-0.15, -0.1) is 11.3 Å². The first-order valence-corrected chi connectivity index (χ1v) is 12.6. The summed E-state index contributed by atoms with van der Waals surface area (Å²) >= 11 is 1.17. The van der Waals surface area contributed by atoms with Crippen LogP contribution in [0.3, 0.4) is 0 Å². The van der Waals surface area contributed by atoms with E-state index in [0.29, 0.717) is 33.9 Å². The number of nitro groups is 1. The third kappa shape index (κ3) is 5.18. The monoisotopic (exact) mass is 517 g/mol. The lowest BCUT2D eigenvalue weighted by Crippen LogP contribution is -2.32. The van der Waals surface area contributed by atoms with Gasteiger partial charge in [-0.2, -0.15) is 0 Å². The van der Waals surface area contributed by atoms with Crippen molar-refractivity contribution in [3.63, 3.8) is 0 Å². The van der Waals surface area contributed by atoms with Crippen LogP contribution in [0.1, 0.15) is 28.5 Å². The molecule has 188 valence electrons. The average Bonchev–Trinajstić information content (AvgIpc) is 3.38. The Balaban J connectivity index is 1.30. The van der Waals surface area contributed by atoms with Crippen molar-refractivity contribution in [2.45, 2.75) is 19.9 Å². The molecule has 1 N–H and O–H groups in total. The number of fused-ring (bicyclic) bond motifs is 2. The topological polar surface area (TPSA) is 128 Å². The highest BCUT2D eigenvalue weighted by Gasteiger charge is 2.26. The zero-order chi connectivity index (χ0) is 25.9. The predicted octanol–water partition coefficient (Wildman–Crippen LogP) is 4.44. The first-order valence-electron chi connectivity index (χ1n) is 11.7. The van der Waals surface area contributed by atoms with Gasteiger partial charge in [-0.1, -0.05) is 37.3 Å².